The van der Waals surface area contributed by atoms with E-state index in [1.165, 1.54) is 5.56 Å². The number of carbonyl (C=O) groups is 2. The van der Waals surface area contributed by atoms with Gasteiger partial charge >= 0.3 is 0 Å². The minimum Gasteiger partial charge on any atom is -0.479 e. The first-order valence-electron chi connectivity index (χ1n) is 9.72. The Morgan fingerprint density at radius 3 is 2.75 bits per heavy atom. The van der Waals surface area contributed by atoms with Crippen molar-refractivity contribution in [3.8, 4) is 5.75 Å². The lowest BCUT2D eigenvalue weighted by molar-refractivity contribution is -0.122. The van der Waals surface area contributed by atoms with Crippen molar-refractivity contribution in [2.45, 2.75) is 32.4 Å². The summed E-state index contributed by atoms with van der Waals surface area (Å²) >= 11 is 0. The third-order valence-corrected chi connectivity index (χ3v) is 5.51. The lowest BCUT2D eigenvalue weighted by Gasteiger charge is -2.31. The number of hydrogen-bond donors (Lipinski definition) is 2. The summed E-state index contributed by atoms with van der Waals surface area (Å²) in [4.78, 5) is 27.1. The highest BCUT2D eigenvalue weighted by molar-refractivity contribution is 6.02. The molecule has 0 aliphatic carbocycles. The number of Topliss-reactive ketones (excluding diaryl/α,β-unsaturated/α-hetero) is 1. The van der Waals surface area contributed by atoms with Gasteiger partial charge in [-0.2, -0.15) is 0 Å². The fourth-order valence-electron chi connectivity index (χ4n) is 3.90. The molecule has 28 heavy (non-hydrogen) atoms. The second-order valence-electron chi connectivity index (χ2n) is 7.62. The Labute approximate surface area is 164 Å². The number of piperidine rings is 1. The number of fused-ring (bicyclic) bond motifs is 1. The third kappa shape index (κ3) is 3.87. The number of nitrogens with two attached hydrogens (primary N) is 1. The average molecular weight is 379 g/mol. The van der Waals surface area contributed by atoms with E-state index in [4.69, 9.17) is 10.5 Å². The van der Waals surface area contributed by atoms with Crippen molar-refractivity contribution >= 4 is 23.1 Å². The Kier molecular flexibility index (Phi) is 5.05. The smallest absolute Gasteiger partial charge is 0.265 e. The fourth-order valence-corrected chi connectivity index (χ4v) is 3.90. The number of ketones is 1. The Morgan fingerprint density at radius 1 is 1.21 bits per heavy atom. The number of nitrogens with zero attached hydrogens (tertiary/aromatic N) is 1. The number of ether oxygens (including phenoxy) is 1. The zero-order chi connectivity index (χ0) is 19.7. The number of likely N-dealkylation sites (tertiary alicyclic amines) is 1. The molecule has 1 saturated heterocycles. The van der Waals surface area contributed by atoms with Crippen molar-refractivity contribution in [1.29, 1.82) is 0 Å². The van der Waals surface area contributed by atoms with Gasteiger partial charge in [-0.15, -0.1) is 0 Å². The molecule has 2 aromatic rings. The van der Waals surface area contributed by atoms with Gasteiger partial charge in [0.2, 0.25) is 0 Å². The van der Waals surface area contributed by atoms with Gasteiger partial charge in [-0.3, -0.25) is 14.5 Å². The van der Waals surface area contributed by atoms with Gasteiger partial charge in [0, 0.05) is 23.7 Å². The monoisotopic (exact) mass is 379 g/mol. The minimum absolute atomic E-state index is 0.00859. The van der Waals surface area contributed by atoms with E-state index in [0.717, 1.165) is 38.2 Å². The molecule has 2 aliphatic rings. The van der Waals surface area contributed by atoms with Crippen LogP contribution >= 0.6 is 0 Å². The summed E-state index contributed by atoms with van der Waals surface area (Å²) in [5.74, 6) is 0.570. The van der Waals surface area contributed by atoms with Gasteiger partial charge in [-0.25, -0.2) is 0 Å². The number of nitrogens with one attached hydrogen (secondary N) is 1. The lowest BCUT2D eigenvalue weighted by Crippen LogP contribution is -2.36. The van der Waals surface area contributed by atoms with Crippen molar-refractivity contribution in [2.75, 3.05) is 24.1 Å². The summed E-state index contributed by atoms with van der Waals surface area (Å²) in [6, 6.07) is 13.2. The standard InChI is InChI=1S/C22H25N3O3/c1-14-22(27)24-19-12-17(5-6-20(19)28-14)21(26)16-7-9-25(10-8-16)13-15-3-2-4-18(23)11-15/h2-6,11-12,14,16H,7-10,13,23H2,1H3,(H,24,27). The number of rotatable bonds is 4. The van der Waals surface area contributed by atoms with Crippen molar-refractivity contribution < 1.29 is 14.3 Å². The maximum absolute atomic E-state index is 13.0. The number of carbonyl (C=O) groups excluding carboxylic acids is 2. The van der Waals surface area contributed by atoms with Crippen molar-refractivity contribution in [1.82, 2.24) is 4.90 Å². The van der Waals surface area contributed by atoms with Gasteiger partial charge in [0.15, 0.2) is 11.9 Å². The molecule has 0 bridgehead atoms. The normalized spacial score (nSPS) is 20.2. The number of amides is 1. The van der Waals surface area contributed by atoms with E-state index in [1.54, 1.807) is 25.1 Å². The van der Waals surface area contributed by atoms with Crippen molar-refractivity contribution in [3.63, 3.8) is 0 Å². The molecule has 2 aromatic carbocycles. The zero-order valence-electron chi connectivity index (χ0n) is 16.0. The first kappa shape index (κ1) is 18.5. The van der Waals surface area contributed by atoms with Crippen LogP contribution in [0.4, 0.5) is 11.4 Å². The molecular weight excluding hydrogens is 354 g/mol. The van der Waals surface area contributed by atoms with Crippen molar-refractivity contribution in [2.24, 2.45) is 5.92 Å². The van der Waals surface area contributed by atoms with Crippen LogP contribution in [0.1, 0.15) is 35.7 Å². The van der Waals surface area contributed by atoms with Crippen LogP contribution in [0, 0.1) is 5.92 Å². The number of benzene rings is 2. The molecule has 0 radical (unpaired) electrons. The molecule has 6 heteroatoms. The number of nitrogen functional groups attached to an aromatic ring is 1. The van der Waals surface area contributed by atoms with Gasteiger partial charge in [0.05, 0.1) is 5.69 Å². The molecule has 6 nitrogen and oxygen atoms in total. The Morgan fingerprint density at radius 2 is 2.00 bits per heavy atom. The van der Waals surface area contributed by atoms with E-state index in [-0.39, 0.29) is 17.6 Å². The molecule has 2 heterocycles. The van der Waals surface area contributed by atoms with Gasteiger partial charge < -0.3 is 15.8 Å². The van der Waals surface area contributed by atoms with E-state index < -0.39 is 6.10 Å². The van der Waals surface area contributed by atoms with Crippen LogP contribution in [-0.4, -0.2) is 35.8 Å². The molecule has 2 aliphatic heterocycles. The minimum atomic E-state index is -0.515. The molecule has 146 valence electrons. The highest BCUT2D eigenvalue weighted by Crippen LogP contribution is 2.32. The maximum atomic E-state index is 13.0. The molecular formula is C22H25N3O3. The Hall–Kier alpha value is -2.86. The van der Waals surface area contributed by atoms with E-state index in [2.05, 4.69) is 16.3 Å². The van der Waals surface area contributed by atoms with Gasteiger partial charge in [0.1, 0.15) is 5.75 Å². The van der Waals surface area contributed by atoms with E-state index in [9.17, 15) is 9.59 Å². The quantitative estimate of drug-likeness (QED) is 0.630. The molecule has 0 aromatic heterocycles. The molecule has 3 N–H and O–H groups in total. The summed E-state index contributed by atoms with van der Waals surface area (Å²) in [6.07, 6.45) is 1.15. The molecule has 1 amide bonds. The molecule has 1 unspecified atom stereocenters. The highest BCUT2D eigenvalue weighted by atomic mass is 16.5. The Bertz CT molecular complexity index is 904. The third-order valence-electron chi connectivity index (χ3n) is 5.51. The van der Waals surface area contributed by atoms with Gasteiger partial charge in [0.25, 0.3) is 5.91 Å². The van der Waals surface area contributed by atoms with E-state index >= 15 is 0 Å². The summed E-state index contributed by atoms with van der Waals surface area (Å²) in [7, 11) is 0. The fraction of sp³-hybridized carbons (Fsp3) is 0.364. The molecule has 1 atom stereocenters. The van der Waals surface area contributed by atoms with E-state index in [0.29, 0.717) is 17.0 Å². The van der Waals surface area contributed by atoms with Crippen LogP contribution in [0.2, 0.25) is 0 Å². The second-order valence-corrected chi connectivity index (χ2v) is 7.62. The SMILES string of the molecule is CC1Oc2ccc(C(=O)C3CCN(Cc4cccc(N)c4)CC3)cc2NC1=O. The zero-order valence-corrected chi connectivity index (χ0v) is 16.0. The first-order valence-corrected chi connectivity index (χ1v) is 9.72. The van der Waals surface area contributed by atoms with Crippen LogP contribution < -0.4 is 15.8 Å². The van der Waals surface area contributed by atoms with Gasteiger partial charge in [-0.1, -0.05) is 12.1 Å². The van der Waals surface area contributed by atoms with Crippen LogP contribution in [0.3, 0.4) is 0 Å². The molecule has 4 rings (SSSR count). The van der Waals surface area contributed by atoms with Crippen LogP contribution in [0.15, 0.2) is 42.5 Å². The van der Waals surface area contributed by atoms with Crippen LogP contribution in [0.5, 0.6) is 5.75 Å². The first-order chi connectivity index (χ1) is 13.5. The predicted octanol–water partition coefficient (Wildman–Crippen LogP) is 3.08. The highest BCUT2D eigenvalue weighted by Gasteiger charge is 2.28. The molecule has 1 fully saturated rings. The maximum Gasteiger partial charge on any atom is 0.265 e. The number of anilines is 2. The largest absolute Gasteiger partial charge is 0.479 e. The summed E-state index contributed by atoms with van der Waals surface area (Å²) in [6.45, 7) is 4.32. The van der Waals surface area contributed by atoms with Crippen LogP contribution in [-0.2, 0) is 11.3 Å². The lowest BCUT2D eigenvalue weighted by atomic mass is 9.88. The van der Waals surface area contributed by atoms with E-state index in [1.807, 2.05) is 18.2 Å². The second kappa shape index (κ2) is 7.64. The predicted molar refractivity (Wildman–Crippen MR) is 108 cm³/mol. The van der Waals surface area contributed by atoms with Gasteiger partial charge in [-0.05, 0) is 68.8 Å². The average Bonchev–Trinajstić information content (AvgIpc) is 2.69. The van der Waals surface area contributed by atoms with Crippen LogP contribution in [0.25, 0.3) is 0 Å². The Balaban J connectivity index is 1.38. The molecule has 0 saturated carbocycles. The number of hydrogen-bond acceptors (Lipinski definition) is 5. The summed E-state index contributed by atoms with van der Waals surface area (Å²) in [5.41, 5.74) is 9.04. The van der Waals surface area contributed by atoms with Crippen molar-refractivity contribution in [3.05, 3.63) is 53.6 Å². The summed E-state index contributed by atoms with van der Waals surface area (Å²) < 4.78 is 5.56. The summed E-state index contributed by atoms with van der Waals surface area (Å²) in [5, 5.41) is 2.81. The topological polar surface area (TPSA) is 84.7 Å². The molecule has 0 spiro atoms.